The third-order valence-electron chi connectivity index (χ3n) is 3.67. The predicted octanol–water partition coefficient (Wildman–Crippen LogP) is 4.40. The van der Waals surface area contributed by atoms with Gasteiger partial charge in [0.1, 0.15) is 0 Å². The molecule has 0 aromatic heterocycles. The molecule has 1 aliphatic carbocycles. The van der Waals surface area contributed by atoms with Crippen LogP contribution in [0.2, 0.25) is 5.02 Å². The normalized spacial score (nSPS) is 30.3. The summed E-state index contributed by atoms with van der Waals surface area (Å²) in [6.45, 7) is 7.14. The summed E-state index contributed by atoms with van der Waals surface area (Å²) in [4.78, 5) is 0. The number of alkyl halides is 3. The summed E-state index contributed by atoms with van der Waals surface area (Å²) in [6.07, 6.45) is -4.49. The fourth-order valence-corrected chi connectivity index (χ4v) is 2.99. The van der Waals surface area contributed by atoms with E-state index in [9.17, 15) is 18.3 Å². The van der Waals surface area contributed by atoms with Crippen LogP contribution < -0.4 is 0 Å². The molecule has 0 radical (unpaired) electrons. The van der Waals surface area contributed by atoms with E-state index in [1.807, 2.05) is 0 Å². The van der Waals surface area contributed by atoms with Crippen molar-refractivity contribution in [1.82, 2.24) is 0 Å². The quantitative estimate of drug-likeness (QED) is 0.801. The Morgan fingerprint density at radius 2 is 2.00 bits per heavy atom. The van der Waals surface area contributed by atoms with Gasteiger partial charge in [-0.25, -0.2) is 0 Å². The highest BCUT2D eigenvalue weighted by Gasteiger charge is 2.61. The van der Waals surface area contributed by atoms with E-state index in [1.54, 1.807) is 13.8 Å². The van der Waals surface area contributed by atoms with Gasteiger partial charge >= 0.3 is 6.18 Å². The van der Waals surface area contributed by atoms with Gasteiger partial charge in [-0.1, -0.05) is 29.8 Å². The molecule has 1 N–H and O–H groups in total. The molecule has 3 atom stereocenters. The number of halogens is 4. The number of rotatable bonds is 2. The molecule has 0 heterocycles. The van der Waals surface area contributed by atoms with E-state index in [1.165, 1.54) is 12.1 Å². The Morgan fingerprint density at radius 1 is 1.42 bits per heavy atom. The van der Waals surface area contributed by atoms with E-state index in [0.717, 1.165) is 11.6 Å². The lowest BCUT2D eigenvalue weighted by Crippen LogP contribution is -2.08. The van der Waals surface area contributed by atoms with Gasteiger partial charge in [-0.2, -0.15) is 13.2 Å². The zero-order valence-corrected chi connectivity index (χ0v) is 11.3. The van der Waals surface area contributed by atoms with E-state index < -0.39 is 17.3 Å². The minimum atomic E-state index is -4.49. The number of benzene rings is 1. The van der Waals surface area contributed by atoms with Crippen LogP contribution in [0.5, 0.6) is 0 Å². The van der Waals surface area contributed by atoms with Crippen molar-refractivity contribution in [1.29, 1.82) is 0 Å². The summed E-state index contributed by atoms with van der Waals surface area (Å²) in [5, 5.41) is 9.83. The van der Waals surface area contributed by atoms with E-state index in [-0.39, 0.29) is 16.9 Å². The topological polar surface area (TPSA) is 20.2 Å². The molecule has 1 aromatic carbocycles. The third-order valence-corrected chi connectivity index (χ3v) is 4.00. The second kappa shape index (κ2) is 4.25. The standard InChI is InChI=1S/C14H14ClF3O/c1-7(2)11-12(13(11,3)19)8-4-5-10(15)9(6-8)14(16,17)18/h4-6,11-12,19H,1H2,2-3H3. The number of hydrogen-bond donors (Lipinski definition) is 1. The van der Waals surface area contributed by atoms with Crippen molar-refractivity contribution in [3.63, 3.8) is 0 Å². The molecule has 104 valence electrons. The Labute approximate surface area is 114 Å². The van der Waals surface area contributed by atoms with Crippen LogP contribution in [0.3, 0.4) is 0 Å². The molecular formula is C14H14ClF3O. The maximum absolute atomic E-state index is 12.8. The SMILES string of the molecule is C=C(C)C1C(c2ccc(Cl)c(C(F)(F)F)c2)C1(C)O. The molecule has 1 aromatic rings. The summed E-state index contributed by atoms with van der Waals surface area (Å²) in [6, 6.07) is 3.77. The van der Waals surface area contributed by atoms with Crippen molar-refractivity contribution in [2.24, 2.45) is 5.92 Å². The molecule has 0 aliphatic heterocycles. The zero-order valence-electron chi connectivity index (χ0n) is 10.6. The Bertz CT molecular complexity index is 534. The number of aliphatic hydroxyl groups is 1. The minimum Gasteiger partial charge on any atom is -0.389 e. The van der Waals surface area contributed by atoms with Gasteiger partial charge in [0.05, 0.1) is 16.2 Å². The average molecular weight is 291 g/mol. The van der Waals surface area contributed by atoms with Gasteiger partial charge in [0.2, 0.25) is 0 Å². The minimum absolute atomic E-state index is 0.213. The van der Waals surface area contributed by atoms with Gasteiger partial charge in [0, 0.05) is 11.8 Å². The van der Waals surface area contributed by atoms with Crippen LogP contribution >= 0.6 is 11.6 Å². The molecule has 2 rings (SSSR count). The van der Waals surface area contributed by atoms with E-state index >= 15 is 0 Å². The van der Waals surface area contributed by atoms with Gasteiger partial charge in [-0.15, -0.1) is 0 Å². The van der Waals surface area contributed by atoms with Crippen molar-refractivity contribution >= 4 is 11.6 Å². The summed E-state index contributed by atoms with van der Waals surface area (Å²) in [5.74, 6) is -0.571. The van der Waals surface area contributed by atoms with Crippen molar-refractivity contribution in [3.05, 3.63) is 46.5 Å². The summed E-state index contributed by atoms with van der Waals surface area (Å²) < 4.78 is 38.4. The van der Waals surface area contributed by atoms with Crippen LogP contribution in [0.25, 0.3) is 0 Å². The van der Waals surface area contributed by atoms with Crippen LogP contribution in [-0.4, -0.2) is 10.7 Å². The third kappa shape index (κ3) is 2.39. The maximum Gasteiger partial charge on any atom is 0.417 e. The Hall–Kier alpha value is -1.00. The first-order valence-corrected chi connectivity index (χ1v) is 6.19. The predicted molar refractivity (Wildman–Crippen MR) is 68.1 cm³/mol. The van der Waals surface area contributed by atoms with E-state index in [0.29, 0.717) is 5.56 Å². The van der Waals surface area contributed by atoms with Gasteiger partial charge < -0.3 is 5.11 Å². The highest BCUT2D eigenvalue weighted by atomic mass is 35.5. The fraction of sp³-hybridized carbons (Fsp3) is 0.429. The fourth-order valence-electron chi connectivity index (χ4n) is 2.77. The molecule has 0 amide bonds. The van der Waals surface area contributed by atoms with Crippen LogP contribution in [0.1, 0.15) is 30.9 Å². The maximum atomic E-state index is 12.8. The molecule has 1 nitrogen and oxygen atoms in total. The lowest BCUT2D eigenvalue weighted by Gasteiger charge is -2.11. The Morgan fingerprint density at radius 3 is 2.42 bits per heavy atom. The highest BCUT2D eigenvalue weighted by molar-refractivity contribution is 6.31. The molecule has 0 bridgehead atoms. The van der Waals surface area contributed by atoms with Crippen LogP contribution in [0, 0.1) is 5.92 Å². The largest absolute Gasteiger partial charge is 0.417 e. The molecule has 3 unspecified atom stereocenters. The first-order chi connectivity index (χ1) is 8.56. The molecule has 0 saturated heterocycles. The summed E-state index contributed by atoms with van der Waals surface area (Å²) >= 11 is 5.58. The van der Waals surface area contributed by atoms with Gasteiger partial charge in [-0.05, 0) is 31.5 Å². The molecule has 1 aliphatic rings. The average Bonchev–Trinajstić information content (AvgIpc) is 2.80. The van der Waals surface area contributed by atoms with Crippen molar-refractivity contribution in [2.45, 2.75) is 31.5 Å². The molecule has 0 spiro atoms. The van der Waals surface area contributed by atoms with E-state index in [2.05, 4.69) is 6.58 Å². The van der Waals surface area contributed by atoms with Crippen LogP contribution in [0.15, 0.2) is 30.4 Å². The second-order valence-electron chi connectivity index (χ2n) is 5.26. The van der Waals surface area contributed by atoms with Crippen LogP contribution in [0.4, 0.5) is 13.2 Å². The monoisotopic (exact) mass is 290 g/mol. The first-order valence-electron chi connectivity index (χ1n) is 5.81. The highest BCUT2D eigenvalue weighted by Crippen LogP contribution is 2.60. The molecule has 1 saturated carbocycles. The van der Waals surface area contributed by atoms with Crippen LogP contribution in [-0.2, 0) is 6.18 Å². The Balaban J connectivity index is 2.42. The number of hydrogen-bond acceptors (Lipinski definition) is 1. The van der Waals surface area contributed by atoms with E-state index in [4.69, 9.17) is 11.6 Å². The Kier molecular flexibility index (Phi) is 3.22. The first kappa shape index (κ1) is 14.4. The summed E-state index contributed by atoms with van der Waals surface area (Å²) in [7, 11) is 0. The second-order valence-corrected chi connectivity index (χ2v) is 5.67. The molecule has 5 heteroatoms. The van der Waals surface area contributed by atoms with Gasteiger partial charge in [0.25, 0.3) is 0 Å². The van der Waals surface area contributed by atoms with Crippen molar-refractivity contribution in [3.8, 4) is 0 Å². The van der Waals surface area contributed by atoms with Crippen molar-refractivity contribution in [2.75, 3.05) is 0 Å². The molecular weight excluding hydrogens is 277 g/mol. The molecule has 19 heavy (non-hydrogen) atoms. The molecule has 1 fully saturated rings. The van der Waals surface area contributed by atoms with Gasteiger partial charge in [0.15, 0.2) is 0 Å². The summed E-state index contributed by atoms with van der Waals surface area (Å²) in [5.41, 5.74) is -0.703. The van der Waals surface area contributed by atoms with Gasteiger partial charge in [-0.3, -0.25) is 0 Å². The van der Waals surface area contributed by atoms with Crippen molar-refractivity contribution < 1.29 is 18.3 Å². The smallest absolute Gasteiger partial charge is 0.389 e. The lowest BCUT2D eigenvalue weighted by atomic mass is 10.0. The lowest BCUT2D eigenvalue weighted by molar-refractivity contribution is -0.137. The zero-order chi connectivity index (χ0) is 14.6.